The highest BCUT2D eigenvalue weighted by Crippen LogP contribution is 2.33. The van der Waals surface area contributed by atoms with Crippen molar-refractivity contribution in [3.05, 3.63) is 72.6 Å². The fraction of sp³-hybridized carbons (Fsp3) is 0.263. The van der Waals surface area contributed by atoms with Gasteiger partial charge in [0.25, 0.3) is 10.0 Å². The summed E-state index contributed by atoms with van der Waals surface area (Å²) >= 11 is 0. The van der Waals surface area contributed by atoms with Crippen molar-refractivity contribution < 1.29 is 12.8 Å². The van der Waals surface area contributed by atoms with E-state index in [1.165, 1.54) is 29.0 Å². The van der Waals surface area contributed by atoms with Gasteiger partial charge in [0.05, 0.1) is 6.33 Å². The molecule has 2 aromatic heterocycles. The average molecular weight is 401 g/mol. The Labute approximate surface area is 162 Å². The van der Waals surface area contributed by atoms with Crippen LogP contribution in [-0.4, -0.2) is 46.4 Å². The molecule has 0 unspecified atom stereocenters. The predicted molar refractivity (Wildman–Crippen MR) is 103 cm³/mol. The molecule has 0 spiro atoms. The van der Waals surface area contributed by atoms with Gasteiger partial charge < -0.3 is 9.88 Å². The lowest BCUT2D eigenvalue weighted by Gasteiger charge is -2.20. The highest BCUT2D eigenvalue weighted by atomic mass is 32.2. The number of hydrogen-bond donors (Lipinski definition) is 1. The Morgan fingerprint density at radius 2 is 1.89 bits per heavy atom. The predicted octanol–water partition coefficient (Wildman–Crippen LogP) is 2.22. The van der Waals surface area contributed by atoms with Crippen LogP contribution >= 0.6 is 0 Å². The third-order valence-electron chi connectivity index (χ3n) is 4.87. The summed E-state index contributed by atoms with van der Waals surface area (Å²) in [4.78, 5) is 8.28. The molecule has 2 atom stereocenters. The number of halogens is 1. The van der Waals surface area contributed by atoms with Crippen molar-refractivity contribution in [3.8, 4) is 0 Å². The number of nitrogens with zero attached hydrogens (tertiary/aromatic N) is 4. The average Bonchev–Trinajstić information content (AvgIpc) is 3.31. The van der Waals surface area contributed by atoms with Gasteiger partial charge in [0.2, 0.25) is 0 Å². The summed E-state index contributed by atoms with van der Waals surface area (Å²) in [6.45, 7) is 0.534. The summed E-state index contributed by atoms with van der Waals surface area (Å²) in [5.41, 5.74) is 0.869. The number of imidazole rings is 1. The number of rotatable bonds is 5. The third kappa shape index (κ3) is 3.63. The molecule has 1 N–H and O–H groups in total. The van der Waals surface area contributed by atoms with Crippen LogP contribution < -0.4 is 5.32 Å². The van der Waals surface area contributed by atoms with Gasteiger partial charge in [-0.25, -0.2) is 22.8 Å². The van der Waals surface area contributed by atoms with E-state index in [0.29, 0.717) is 5.82 Å². The number of aryl methyl sites for hydroxylation is 1. The van der Waals surface area contributed by atoms with Crippen molar-refractivity contribution in [2.45, 2.75) is 17.0 Å². The summed E-state index contributed by atoms with van der Waals surface area (Å²) in [7, 11) is -2.00. The number of anilines is 1. The second-order valence-corrected chi connectivity index (χ2v) is 8.71. The van der Waals surface area contributed by atoms with Crippen molar-refractivity contribution in [1.29, 1.82) is 0 Å². The largest absolute Gasteiger partial charge is 0.365 e. The first-order chi connectivity index (χ1) is 13.4. The van der Waals surface area contributed by atoms with Crippen LogP contribution in [0.15, 0.2) is 66.2 Å². The van der Waals surface area contributed by atoms with E-state index in [4.69, 9.17) is 0 Å². The quantitative estimate of drug-likeness (QED) is 0.709. The fourth-order valence-electron chi connectivity index (χ4n) is 3.45. The molecular formula is C19H20FN5O2S. The molecule has 0 bridgehead atoms. The number of benzene rings is 1. The molecule has 7 nitrogen and oxygen atoms in total. The van der Waals surface area contributed by atoms with E-state index in [-0.39, 0.29) is 35.9 Å². The first-order valence-corrected chi connectivity index (χ1v) is 10.3. The monoisotopic (exact) mass is 401 g/mol. The SMILES string of the molecule is Cn1cnc(S(=O)(=O)N2C[C@H](Nc3ccccn3)[C@@H](c3ccc(F)cc3)C2)c1. The second kappa shape index (κ2) is 7.33. The van der Waals surface area contributed by atoms with Crippen LogP contribution in [0.3, 0.4) is 0 Å². The molecule has 146 valence electrons. The van der Waals surface area contributed by atoms with E-state index < -0.39 is 10.0 Å². The zero-order valence-electron chi connectivity index (χ0n) is 15.2. The molecule has 3 heterocycles. The van der Waals surface area contributed by atoms with Crippen molar-refractivity contribution in [1.82, 2.24) is 18.8 Å². The van der Waals surface area contributed by atoms with Crippen LogP contribution in [0.5, 0.6) is 0 Å². The number of hydrogen-bond acceptors (Lipinski definition) is 5. The highest BCUT2D eigenvalue weighted by Gasteiger charge is 2.41. The minimum Gasteiger partial charge on any atom is -0.365 e. The van der Waals surface area contributed by atoms with Gasteiger partial charge in [0.15, 0.2) is 5.03 Å². The Balaban J connectivity index is 1.65. The van der Waals surface area contributed by atoms with Gasteiger partial charge in [-0.1, -0.05) is 18.2 Å². The summed E-state index contributed by atoms with van der Waals surface area (Å²) in [6.07, 6.45) is 4.62. The Kier molecular flexibility index (Phi) is 4.86. The molecule has 28 heavy (non-hydrogen) atoms. The molecule has 0 amide bonds. The molecule has 1 fully saturated rings. The third-order valence-corrected chi connectivity index (χ3v) is 6.59. The zero-order valence-corrected chi connectivity index (χ0v) is 16.1. The standard InChI is InChI=1S/C19H20FN5O2S/c1-24-12-19(22-13-24)28(26,27)25-10-16(14-5-7-15(20)8-6-14)17(11-25)23-18-4-2-3-9-21-18/h2-9,12-13,16-17H,10-11H2,1H3,(H,21,23)/t16-,17+/m1/s1. The number of nitrogens with one attached hydrogen (secondary N) is 1. The lowest BCUT2D eigenvalue weighted by atomic mass is 9.94. The van der Waals surface area contributed by atoms with E-state index in [2.05, 4.69) is 15.3 Å². The van der Waals surface area contributed by atoms with Crippen LogP contribution in [0.25, 0.3) is 0 Å². The van der Waals surface area contributed by atoms with E-state index in [1.54, 1.807) is 29.9 Å². The molecule has 0 saturated carbocycles. The lowest BCUT2D eigenvalue weighted by molar-refractivity contribution is 0.468. The van der Waals surface area contributed by atoms with Gasteiger partial charge in [-0.15, -0.1) is 0 Å². The Hall–Kier alpha value is -2.78. The maximum atomic E-state index is 13.4. The maximum Gasteiger partial charge on any atom is 0.262 e. The topological polar surface area (TPSA) is 80.1 Å². The molecule has 1 saturated heterocycles. The van der Waals surface area contributed by atoms with E-state index >= 15 is 0 Å². The molecule has 4 rings (SSSR count). The van der Waals surface area contributed by atoms with Gasteiger partial charge in [-0.3, -0.25) is 0 Å². The van der Waals surface area contributed by atoms with Crippen molar-refractivity contribution in [2.24, 2.45) is 7.05 Å². The summed E-state index contributed by atoms with van der Waals surface area (Å²) in [5.74, 6) is 0.187. The van der Waals surface area contributed by atoms with Gasteiger partial charge in [-0.2, -0.15) is 4.31 Å². The fourth-order valence-corrected chi connectivity index (χ4v) is 4.91. The molecule has 0 aliphatic carbocycles. The van der Waals surface area contributed by atoms with E-state index in [1.807, 2.05) is 18.2 Å². The molecule has 3 aromatic rings. The smallest absolute Gasteiger partial charge is 0.262 e. The molecule has 9 heteroatoms. The molecule has 1 aliphatic heterocycles. The molecule has 1 aromatic carbocycles. The second-order valence-electron chi connectivity index (χ2n) is 6.82. The highest BCUT2D eigenvalue weighted by molar-refractivity contribution is 7.89. The van der Waals surface area contributed by atoms with E-state index in [0.717, 1.165) is 5.56 Å². The Morgan fingerprint density at radius 1 is 1.11 bits per heavy atom. The van der Waals surface area contributed by atoms with Crippen molar-refractivity contribution in [3.63, 3.8) is 0 Å². The van der Waals surface area contributed by atoms with Gasteiger partial charge in [0.1, 0.15) is 11.6 Å². The van der Waals surface area contributed by atoms with Gasteiger partial charge in [-0.05, 0) is 29.8 Å². The minimum atomic E-state index is -3.73. The van der Waals surface area contributed by atoms with Crippen LogP contribution in [0.1, 0.15) is 11.5 Å². The van der Waals surface area contributed by atoms with Gasteiger partial charge >= 0.3 is 0 Å². The summed E-state index contributed by atoms with van der Waals surface area (Å²) in [5, 5.41) is 3.35. The zero-order chi connectivity index (χ0) is 19.7. The minimum absolute atomic E-state index is 0.0198. The maximum absolute atomic E-state index is 13.4. The Morgan fingerprint density at radius 3 is 2.54 bits per heavy atom. The number of pyridine rings is 1. The first kappa shape index (κ1) is 18.6. The van der Waals surface area contributed by atoms with Crippen LogP contribution in [0.4, 0.5) is 10.2 Å². The summed E-state index contributed by atoms with van der Waals surface area (Å²) in [6, 6.07) is 11.5. The molecule has 1 aliphatic rings. The molecule has 0 radical (unpaired) electrons. The van der Waals surface area contributed by atoms with Crippen molar-refractivity contribution in [2.75, 3.05) is 18.4 Å². The normalized spacial score (nSPS) is 20.4. The van der Waals surface area contributed by atoms with Crippen LogP contribution in [0.2, 0.25) is 0 Å². The summed E-state index contributed by atoms with van der Waals surface area (Å²) < 4.78 is 42.4. The molecular weight excluding hydrogens is 381 g/mol. The number of sulfonamides is 1. The van der Waals surface area contributed by atoms with Crippen LogP contribution in [-0.2, 0) is 17.1 Å². The Bertz CT molecular complexity index is 1050. The van der Waals surface area contributed by atoms with E-state index in [9.17, 15) is 12.8 Å². The first-order valence-electron chi connectivity index (χ1n) is 8.84. The lowest BCUT2D eigenvalue weighted by Crippen LogP contribution is -2.32. The van der Waals surface area contributed by atoms with Crippen molar-refractivity contribution >= 4 is 15.8 Å². The van der Waals surface area contributed by atoms with Gasteiger partial charge in [0, 0.05) is 44.5 Å². The van der Waals surface area contributed by atoms with Crippen LogP contribution in [0, 0.1) is 5.82 Å². The number of aromatic nitrogens is 3.